The molecule has 6 nitrogen and oxygen atoms in total. The molecule has 6 heteroatoms. The minimum atomic E-state index is -0.986. The predicted octanol–water partition coefficient (Wildman–Crippen LogP) is 4.74. The lowest BCUT2D eigenvalue weighted by Crippen LogP contribution is -2.49. The Labute approximate surface area is 224 Å². The van der Waals surface area contributed by atoms with Gasteiger partial charge in [0.1, 0.15) is 5.41 Å². The maximum atomic E-state index is 12.8. The number of amides is 1. The van der Waals surface area contributed by atoms with Crippen LogP contribution in [0.2, 0.25) is 0 Å². The van der Waals surface area contributed by atoms with Crippen molar-refractivity contribution in [2.45, 2.75) is 37.7 Å². The van der Waals surface area contributed by atoms with Crippen molar-refractivity contribution >= 4 is 11.9 Å². The van der Waals surface area contributed by atoms with Crippen LogP contribution in [0.25, 0.3) is 11.1 Å². The fourth-order valence-corrected chi connectivity index (χ4v) is 6.08. The van der Waals surface area contributed by atoms with E-state index in [1.165, 1.54) is 0 Å². The van der Waals surface area contributed by atoms with Crippen LogP contribution in [0.3, 0.4) is 0 Å². The highest BCUT2D eigenvalue weighted by Gasteiger charge is 2.48. The third-order valence-electron chi connectivity index (χ3n) is 8.12. The Balaban J connectivity index is 1.12. The van der Waals surface area contributed by atoms with Gasteiger partial charge in [-0.1, -0.05) is 79.2 Å². The van der Waals surface area contributed by atoms with E-state index >= 15 is 0 Å². The molecule has 1 heterocycles. The van der Waals surface area contributed by atoms with Crippen molar-refractivity contribution < 1.29 is 19.4 Å². The van der Waals surface area contributed by atoms with Gasteiger partial charge in [0.15, 0.2) is 0 Å². The van der Waals surface area contributed by atoms with E-state index in [0.717, 1.165) is 78.9 Å². The third kappa shape index (κ3) is 5.11. The van der Waals surface area contributed by atoms with Gasteiger partial charge in [-0.15, -0.1) is 0 Å². The van der Waals surface area contributed by atoms with Crippen molar-refractivity contribution in [1.29, 1.82) is 0 Å². The summed E-state index contributed by atoms with van der Waals surface area (Å²) in [6, 6.07) is 23.9. The second kappa shape index (κ2) is 11.5. The highest BCUT2D eigenvalue weighted by atomic mass is 16.5. The molecular weight excluding hydrogens is 476 g/mol. The lowest BCUT2D eigenvalue weighted by Gasteiger charge is -2.35. The van der Waals surface area contributed by atoms with Crippen molar-refractivity contribution in [3.05, 3.63) is 95.1 Å². The van der Waals surface area contributed by atoms with E-state index in [4.69, 9.17) is 4.74 Å². The normalized spacial score (nSPS) is 16.2. The summed E-state index contributed by atoms with van der Waals surface area (Å²) in [5.41, 5.74) is 5.05. The first kappa shape index (κ1) is 26.1. The summed E-state index contributed by atoms with van der Waals surface area (Å²) in [5.74, 6) is -0.596. The van der Waals surface area contributed by atoms with Crippen LogP contribution in [-0.4, -0.2) is 66.6 Å². The Morgan fingerprint density at radius 3 is 1.97 bits per heavy atom. The van der Waals surface area contributed by atoms with Gasteiger partial charge >= 0.3 is 5.97 Å². The Morgan fingerprint density at radius 1 is 0.816 bits per heavy atom. The summed E-state index contributed by atoms with van der Waals surface area (Å²) in [7, 11) is 1.68. The van der Waals surface area contributed by atoms with Crippen LogP contribution in [0.1, 0.15) is 41.5 Å². The molecule has 0 aromatic heterocycles. The summed E-state index contributed by atoms with van der Waals surface area (Å²) < 4.78 is 5.15. The maximum Gasteiger partial charge on any atom is 0.318 e. The van der Waals surface area contributed by atoms with Crippen LogP contribution < -0.4 is 0 Å². The summed E-state index contributed by atoms with van der Waals surface area (Å²) in [6.07, 6.45) is 2.76. The molecule has 1 N–H and O–H groups in total. The van der Waals surface area contributed by atoms with Gasteiger partial charge in [-0.2, -0.15) is 0 Å². The van der Waals surface area contributed by atoms with Crippen LogP contribution in [0.4, 0.5) is 0 Å². The topological polar surface area (TPSA) is 70.1 Å². The zero-order valence-electron chi connectivity index (χ0n) is 22.1. The molecule has 1 amide bonds. The predicted molar refractivity (Wildman–Crippen MR) is 148 cm³/mol. The standard InChI is InChI=1S/C32H36N2O4/c1-38-23-25-14-12-24(13-15-25)22-30(35)34-20-18-33(19-21-34)17-7-6-16-32(31(36)37)28-10-4-2-8-26(28)27-9-3-5-11-29(27)32/h2-5,8-15H,6-7,16-23H2,1H3,(H,36,37). The van der Waals surface area contributed by atoms with Crippen LogP contribution in [0.5, 0.6) is 0 Å². The number of carbonyl (C=O) groups is 2. The van der Waals surface area contributed by atoms with E-state index in [1.807, 2.05) is 77.7 Å². The van der Waals surface area contributed by atoms with Crippen LogP contribution >= 0.6 is 0 Å². The molecule has 38 heavy (non-hydrogen) atoms. The van der Waals surface area contributed by atoms with Crippen molar-refractivity contribution in [1.82, 2.24) is 9.80 Å². The highest BCUT2D eigenvalue weighted by molar-refractivity contribution is 5.97. The molecule has 1 saturated heterocycles. The highest BCUT2D eigenvalue weighted by Crippen LogP contribution is 2.51. The molecule has 0 unspecified atom stereocenters. The average molecular weight is 513 g/mol. The minimum absolute atomic E-state index is 0.172. The smallest absolute Gasteiger partial charge is 0.318 e. The van der Waals surface area contributed by atoms with Gasteiger partial charge in [-0.25, -0.2) is 0 Å². The van der Waals surface area contributed by atoms with E-state index in [1.54, 1.807) is 7.11 Å². The third-order valence-corrected chi connectivity index (χ3v) is 8.12. The number of hydrogen-bond donors (Lipinski definition) is 1. The van der Waals surface area contributed by atoms with Gasteiger partial charge in [0.05, 0.1) is 13.0 Å². The van der Waals surface area contributed by atoms with Gasteiger partial charge in [0, 0.05) is 33.3 Å². The second-order valence-electron chi connectivity index (χ2n) is 10.4. The molecule has 1 aliphatic heterocycles. The first-order valence-electron chi connectivity index (χ1n) is 13.5. The number of benzene rings is 3. The number of hydrogen-bond acceptors (Lipinski definition) is 4. The van der Waals surface area contributed by atoms with Crippen molar-refractivity contribution in [2.24, 2.45) is 0 Å². The fraction of sp³-hybridized carbons (Fsp3) is 0.375. The molecule has 0 bridgehead atoms. The molecular formula is C32H36N2O4. The number of piperazine rings is 1. The van der Waals surface area contributed by atoms with Crippen LogP contribution in [0.15, 0.2) is 72.8 Å². The van der Waals surface area contributed by atoms with Crippen LogP contribution in [-0.2, 0) is 32.8 Å². The van der Waals surface area contributed by atoms with Gasteiger partial charge < -0.3 is 14.7 Å². The summed E-state index contributed by atoms with van der Waals surface area (Å²) >= 11 is 0. The Morgan fingerprint density at radius 2 is 1.39 bits per heavy atom. The quantitative estimate of drug-likeness (QED) is 0.398. The lowest BCUT2D eigenvalue weighted by atomic mass is 9.74. The molecule has 0 spiro atoms. The molecule has 3 aromatic rings. The first-order chi connectivity index (χ1) is 18.5. The zero-order valence-corrected chi connectivity index (χ0v) is 22.1. The lowest BCUT2D eigenvalue weighted by molar-refractivity contribution is -0.142. The van der Waals surface area contributed by atoms with Crippen molar-refractivity contribution in [3.8, 4) is 11.1 Å². The Bertz CT molecular complexity index is 1230. The number of unbranched alkanes of at least 4 members (excludes halogenated alkanes) is 1. The van der Waals surface area contributed by atoms with Gasteiger partial charge in [0.25, 0.3) is 0 Å². The number of rotatable bonds is 10. The van der Waals surface area contributed by atoms with E-state index in [0.29, 0.717) is 19.4 Å². The second-order valence-corrected chi connectivity index (χ2v) is 10.4. The fourth-order valence-electron chi connectivity index (χ4n) is 6.08. The molecule has 0 saturated carbocycles. The Hall–Kier alpha value is -3.48. The van der Waals surface area contributed by atoms with Gasteiger partial charge in [-0.05, 0) is 52.8 Å². The van der Waals surface area contributed by atoms with E-state index < -0.39 is 11.4 Å². The SMILES string of the molecule is COCc1ccc(CC(=O)N2CCN(CCCCC3(C(=O)O)c4ccccc4-c4ccccc43)CC2)cc1. The molecule has 2 aliphatic rings. The molecule has 3 aromatic carbocycles. The number of carbonyl (C=O) groups excluding carboxylic acids is 1. The first-order valence-corrected chi connectivity index (χ1v) is 13.5. The summed E-state index contributed by atoms with van der Waals surface area (Å²) in [6.45, 7) is 4.68. The minimum Gasteiger partial charge on any atom is -0.480 e. The molecule has 0 atom stereocenters. The van der Waals surface area contributed by atoms with Gasteiger partial charge in [-0.3, -0.25) is 14.5 Å². The number of aliphatic carboxylic acids is 1. The number of ether oxygens (including phenoxy) is 1. The van der Waals surface area contributed by atoms with E-state index in [2.05, 4.69) is 4.90 Å². The molecule has 1 aliphatic carbocycles. The van der Waals surface area contributed by atoms with Crippen LogP contribution in [0, 0.1) is 0 Å². The average Bonchev–Trinajstić information content (AvgIpc) is 3.23. The number of nitrogens with zero attached hydrogens (tertiary/aromatic N) is 2. The van der Waals surface area contributed by atoms with E-state index in [9.17, 15) is 14.7 Å². The molecule has 1 fully saturated rings. The maximum absolute atomic E-state index is 12.8. The number of fused-ring (bicyclic) bond motifs is 3. The monoisotopic (exact) mass is 512 g/mol. The molecule has 5 rings (SSSR count). The number of carboxylic acids is 1. The Kier molecular flexibility index (Phi) is 7.91. The summed E-state index contributed by atoms with van der Waals surface area (Å²) in [4.78, 5) is 29.9. The molecule has 198 valence electrons. The summed E-state index contributed by atoms with van der Waals surface area (Å²) in [5, 5.41) is 10.5. The van der Waals surface area contributed by atoms with Crippen molar-refractivity contribution in [2.75, 3.05) is 39.8 Å². The van der Waals surface area contributed by atoms with E-state index in [-0.39, 0.29) is 5.91 Å². The largest absolute Gasteiger partial charge is 0.480 e. The number of carboxylic acid groups (broad SMARTS) is 1. The number of methoxy groups -OCH3 is 1. The zero-order chi connectivity index (χ0) is 26.5. The van der Waals surface area contributed by atoms with Gasteiger partial charge in [0.2, 0.25) is 5.91 Å². The van der Waals surface area contributed by atoms with Crippen molar-refractivity contribution in [3.63, 3.8) is 0 Å². The molecule has 0 radical (unpaired) electrons.